The highest BCUT2D eigenvalue weighted by Gasteiger charge is 2.14. The molecule has 0 fully saturated rings. The maximum atomic E-state index is 9.04. The molecule has 0 amide bonds. The molecule has 0 aromatic carbocycles. The quantitative estimate of drug-likeness (QED) is 0.497. The van der Waals surface area contributed by atoms with Crippen molar-refractivity contribution in [1.82, 2.24) is 0 Å². The third kappa shape index (κ3) is 2.54. The lowest BCUT2D eigenvalue weighted by Crippen LogP contribution is -2.08. The molecule has 1 heteroatoms. The maximum Gasteiger partial charge on any atom is 0.0886 e. The minimum absolute atomic E-state index is 0.110. The first-order valence-electron chi connectivity index (χ1n) is 3.22. The van der Waals surface area contributed by atoms with Gasteiger partial charge in [-0.2, -0.15) is 0 Å². The Bertz CT molecular complexity index is 122. The number of allylic oxidation sites excluding steroid dienone is 2. The fourth-order valence-electron chi connectivity index (χ4n) is 0.543. The average molecular weight is 128 g/mol. The SMILES string of the molecule is C/C(O)=C(\C)C(C)(C)C. The Labute approximate surface area is 57.4 Å². The highest BCUT2D eigenvalue weighted by Crippen LogP contribution is 2.25. The van der Waals surface area contributed by atoms with Gasteiger partial charge in [0.15, 0.2) is 0 Å². The van der Waals surface area contributed by atoms with Crippen LogP contribution in [0.15, 0.2) is 11.3 Å². The van der Waals surface area contributed by atoms with E-state index in [4.69, 9.17) is 5.11 Å². The molecular weight excluding hydrogens is 112 g/mol. The van der Waals surface area contributed by atoms with Crippen molar-refractivity contribution in [3.63, 3.8) is 0 Å². The van der Waals surface area contributed by atoms with Crippen LogP contribution in [0, 0.1) is 5.41 Å². The van der Waals surface area contributed by atoms with Gasteiger partial charge in [0.1, 0.15) is 0 Å². The maximum absolute atomic E-state index is 9.04. The zero-order valence-electron chi connectivity index (χ0n) is 6.95. The van der Waals surface area contributed by atoms with Crippen LogP contribution in [0.1, 0.15) is 34.6 Å². The summed E-state index contributed by atoms with van der Waals surface area (Å²) in [6.45, 7) is 9.93. The van der Waals surface area contributed by atoms with Crippen molar-refractivity contribution >= 4 is 0 Å². The molecule has 0 aromatic heterocycles. The summed E-state index contributed by atoms with van der Waals surface area (Å²) in [7, 11) is 0. The fraction of sp³-hybridized carbons (Fsp3) is 0.750. The number of rotatable bonds is 0. The molecular formula is C8H16O. The third-order valence-electron chi connectivity index (χ3n) is 1.67. The number of hydrogen-bond donors (Lipinski definition) is 1. The number of hydrogen-bond acceptors (Lipinski definition) is 1. The van der Waals surface area contributed by atoms with E-state index < -0.39 is 0 Å². The Morgan fingerprint density at radius 1 is 1.11 bits per heavy atom. The minimum atomic E-state index is 0.110. The van der Waals surface area contributed by atoms with Crippen molar-refractivity contribution in [2.75, 3.05) is 0 Å². The van der Waals surface area contributed by atoms with Gasteiger partial charge < -0.3 is 5.11 Å². The second-order valence-electron chi connectivity index (χ2n) is 3.46. The first-order valence-corrected chi connectivity index (χ1v) is 3.22. The van der Waals surface area contributed by atoms with Crippen LogP contribution in [0.25, 0.3) is 0 Å². The van der Waals surface area contributed by atoms with Crippen molar-refractivity contribution in [1.29, 1.82) is 0 Å². The van der Waals surface area contributed by atoms with E-state index >= 15 is 0 Å². The molecule has 9 heavy (non-hydrogen) atoms. The van der Waals surface area contributed by atoms with E-state index in [1.165, 1.54) is 0 Å². The van der Waals surface area contributed by atoms with Crippen molar-refractivity contribution < 1.29 is 5.11 Å². The molecule has 0 saturated carbocycles. The molecule has 1 N–H and O–H groups in total. The molecule has 54 valence electrons. The molecule has 0 heterocycles. The number of aliphatic hydroxyl groups is 1. The van der Waals surface area contributed by atoms with E-state index in [0.717, 1.165) is 5.57 Å². The Morgan fingerprint density at radius 2 is 1.44 bits per heavy atom. The molecule has 0 atom stereocenters. The van der Waals surface area contributed by atoms with Crippen molar-refractivity contribution in [2.24, 2.45) is 5.41 Å². The largest absolute Gasteiger partial charge is 0.513 e. The van der Waals surface area contributed by atoms with Crippen LogP contribution in [0.4, 0.5) is 0 Å². The molecule has 0 saturated heterocycles. The average Bonchev–Trinajstić information content (AvgIpc) is 1.62. The van der Waals surface area contributed by atoms with Gasteiger partial charge in [0.2, 0.25) is 0 Å². The van der Waals surface area contributed by atoms with Gasteiger partial charge in [-0.05, 0) is 24.8 Å². The van der Waals surface area contributed by atoms with Crippen LogP contribution in [0.2, 0.25) is 0 Å². The van der Waals surface area contributed by atoms with Crippen LogP contribution < -0.4 is 0 Å². The zero-order chi connectivity index (χ0) is 7.65. The summed E-state index contributed by atoms with van der Waals surface area (Å²) in [5.41, 5.74) is 1.17. The van der Waals surface area contributed by atoms with E-state index in [2.05, 4.69) is 20.8 Å². The Kier molecular flexibility index (Phi) is 2.30. The second kappa shape index (κ2) is 2.42. The van der Waals surface area contributed by atoms with Crippen LogP contribution in [-0.2, 0) is 0 Å². The van der Waals surface area contributed by atoms with Crippen molar-refractivity contribution in [2.45, 2.75) is 34.6 Å². The molecule has 0 rings (SSSR count). The van der Waals surface area contributed by atoms with Crippen molar-refractivity contribution in [3.05, 3.63) is 11.3 Å². The summed E-state index contributed by atoms with van der Waals surface area (Å²) in [5.74, 6) is 0.447. The molecule has 0 radical (unpaired) electrons. The predicted molar refractivity (Wildman–Crippen MR) is 40.5 cm³/mol. The van der Waals surface area contributed by atoms with Gasteiger partial charge >= 0.3 is 0 Å². The lowest BCUT2D eigenvalue weighted by molar-refractivity contribution is 0.376. The molecule has 0 aliphatic carbocycles. The van der Waals surface area contributed by atoms with Crippen LogP contribution in [0.5, 0.6) is 0 Å². The molecule has 0 spiro atoms. The Balaban J connectivity index is 4.40. The summed E-state index contributed by atoms with van der Waals surface area (Å²) in [6, 6.07) is 0. The standard InChI is InChI=1S/C8H16O/c1-6(7(2)9)8(3,4)5/h9H,1-5H3/b7-6-. The first-order chi connectivity index (χ1) is 3.85. The monoisotopic (exact) mass is 128 g/mol. The van der Waals surface area contributed by atoms with Gasteiger partial charge in [-0.1, -0.05) is 20.8 Å². The van der Waals surface area contributed by atoms with Crippen LogP contribution in [-0.4, -0.2) is 5.11 Å². The summed E-state index contributed by atoms with van der Waals surface area (Å²) in [4.78, 5) is 0. The van der Waals surface area contributed by atoms with E-state index in [1.54, 1.807) is 6.92 Å². The molecule has 0 bridgehead atoms. The summed E-state index contributed by atoms with van der Waals surface area (Å²) in [5, 5.41) is 9.04. The molecule has 1 nitrogen and oxygen atoms in total. The van der Waals surface area contributed by atoms with Gasteiger partial charge in [0.05, 0.1) is 5.76 Å². The fourth-order valence-corrected chi connectivity index (χ4v) is 0.543. The van der Waals surface area contributed by atoms with Gasteiger partial charge in [0.25, 0.3) is 0 Å². The highest BCUT2D eigenvalue weighted by molar-refractivity contribution is 5.09. The van der Waals surface area contributed by atoms with Gasteiger partial charge in [-0.15, -0.1) is 0 Å². The Morgan fingerprint density at radius 3 is 1.44 bits per heavy atom. The smallest absolute Gasteiger partial charge is 0.0886 e. The molecule has 0 aromatic rings. The first kappa shape index (κ1) is 8.54. The highest BCUT2D eigenvalue weighted by atomic mass is 16.3. The van der Waals surface area contributed by atoms with Crippen LogP contribution in [0.3, 0.4) is 0 Å². The number of aliphatic hydroxyl groups excluding tert-OH is 1. The van der Waals surface area contributed by atoms with E-state index in [9.17, 15) is 0 Å². The third-order valence-corrected chi connectivity index (χ3v) is 1.67. The minimum Gasteiger partial charge on any atom is -0.513 e. The summed E-state index contributed by atoms with van der Waals surface area (Å²) < 4.78 is 0. The van der Waals surface area contributed by atoms with E-state index in [-0.39, 0.29) is 5.41 Å². The van der Waals surface area contributed by atoms with Crippen molar-refractivity contribution in [3.8, 4) is 0 Å². The second-order valence-corrected chi connectivity index (χ2v) is 3.46. The normalized spacial score (nSPS) is 15.2. The lowest BCUT2D eigenvalue weighted by Gasteiger charge is -2.19. The topological polar surface area (TPSA) is 20.2 Å². The predicted octanol–water partition coefficient (Wildman–Crippen LogP) is 2.88. The summed E-state index contributed by atoms with van der Waals surface area (Å²) >= 11 is 0. The Hall–Kier alpha value is -0.460. The van der Waals surface area contributed by atoms with Gasteiger partial charge in [-0.25, -0.2) is 0 Å². The lowest BCUT2D eigenvalue weighted by atomic mass is 9.87. The molecule has 0 aliphatic heterocycles. The van der Waals surface area contributed by atoms with E-state index in [1.807, 2.05) is 6.92 Å². The zero-order valence-corrected chi connectivity index (χ0v) is 6.95. The van der Waals surface area contributed by atoms with E-state index in [0.29, 0.717) is 5.76 Å². The van der Waals surface area contributed by atoms with Gasteiger partial charge in [-0.3, -0.25) is 0 Å². The van der Waals surface area contributed by atoms with Crippen LogP contribution >= 0.6 is 0 Å². The molecule has 0 unspecified atom stereocenters. The molecule has 0 aliphatic rings. The van der Waals surface area contributed by atoms with Gasteiger partial charge in [0, 0.05) is 0 Å². The summed E-state index contributed by atoms with van der Waals surface area (Å²) in [6.07, 6.45) is 0.